The molecule has 9 rings (SSSR count). The summed E-state index contributed by atoms with van der Waals surface area (Å²) in [5.41, 5.74) is 11.3. The lowest BCUT2D eigenvalue weighted by Crippen LogP contribution is -2.13. The average Bonchev–Trinajstić information content (AvgIpc) is 3.81. The van der Waals surface area contributed by atoms with Gasteiger partial charge in [0.1, 0.15) is 5.58 Å². The van der Waals surface area contributed by atoms with Crippen LogP contribution in [0.25, 0.3) is 59.5 Å². The highest BCUT2D eigenvalue weighted by Gasteiger charge is 2.24. The van der Waals surface area contributed by atoms with Crippen LogP contribution in [0.4, 0.5) is 17.1 Å². The van der Waals surface area contributed by atoms with E-state index in [1.807, 2.05) is 12.1 Å². The topological polar surface area (TPSA) is 21.3 Å². The minimum Gasteiger partial charge on any atom is -0.455 e. The Hall–Kier alpha value is -4.84. The molecule has 0 N–H and O–H groups in total. The molecule has 0 saturated heterocycles. The number of fused-ring (bicyclic) bond motifs is 7. The van der Waals surface area contributed by atoms with Gasteiger partial charge in [-0.2, -0.15) is 0 Å². The third-order valence-electron chi connectivity index (χ3n) is 10.2. The monoisotopic (exact) mass is 746 g/mol. The van der Waals surface area contributed by atoms with Gasteiger partial charge in [-0.3, -0.25) is 0 Å². The lowest BCUT2D eigenvalue weighted by molar-refractivity contribution is 0.590. The molecule has 0 aliphatic heterocycles. The fourth-order valence-corrected chi connectivity index (χ4v) is 9.08. The number of hydrogen-bond acceptors (Lipinski definition) is 3. The number of rotatable bonds is 4. The van der Waals surface area contributed by atoms with E-state index in [-0.39, 0.29) is 10.8 Å². The molecule has 0 fully saturated rings. The Morgan fingerprint density at radius 2 is 1.31 bits per heavy atom. The third-order valence-corrected chi connectivity index (χ3v) is 11.9. The molecule has 0 aliphatic carbocycles. The summed E-state index contributed by atoms with van der Waals surface area (Å²) in [7, 11) is 0. The molecular formula is C46H39BrN2OS. The van der Waals surface area contributed by atoms with Gasteiger partial charge in [0.2, 0.25) is 0 Å². The highest BCUT2D eigenvalue weighted by atomic mass is 79.9. The molecule has 0 bridgehead atoms. The van der Waals surface area contributed by atoms with Gasteiger partial charge in [0.15, 0.2) is 5.58 Å². The van der Waals surface area contributed by atoms with Crippen molar-refractivity contribution in [3.63, 3.8) is 0 Å². The fraction of sp³-hybridized carbons (Fsp3) is 0.174. The molecule has 3 aromatic heterocycles. The zero-order chi connectivity index (χ0) is 35.2. The predicted molar refractivity (Wildman–Crippen MR) is 223 cm³/mol. The van der Waals surface area contributed by atoms with Gasteiger partial charge >= 0.3 is 0 Å². The first-order chi connectivity index (χ1) is 24.5. The lowest BCUT2D eigenvalue weighted by Gasteiger charge is -2.27. The zero-order valence-corrected chi connectivity index (χ0v) is 32.1. The molecule has 0 aliphatic rings. The summed E-state index contributed by atoms with van der Waals surface area (Å²) in [5, 5.41) is 8.22. The van der Waals surface area contributed by atoms with E-state index in [9.17, 15) is 0 Å². The number of nitrogens with zero attached hydrogens (tertiary/aromatic N) is 2. The van der Waals surface area contributed by atoms with Crippen LogP contribution in [-0.4, -0.2) is 4.57 Å². The number of anilines is 3. The van der Waals surface area contributed by atoms with Crippen molar-refractivity contribution in [2.75, 3.05) is 4.90 Å². The fourth-order valence-electron chi connectivity index (χ4n) is 7.48. The number of hydrogen-bond donors (Lipinski definition) is 0. The third kappa shape index (κ3) is 5.20. The Morgan fingerprint density at radius 3 is 2.08 bits per heavy atom. The van der Waals surface area contributed by atoms with Crippen LogP contribution in [0, 0.1) is 0 Å². The Kier molecular flexibility index (Phi) is 7.29. The first kappa shape index (κ1) is 32.1. The van der Waals surface area contributed by atoms with E-state index in [0.717, 1.165) is 54.5 Å². The van der Waals surface area contributed by atoms with Crippen molar-refractivity contribution < 1.29 is 4.42 Å². The standard InChI is InChI=1S/C46H39BrN2OS/c1-45(2,3)28-18-21-30(22-19-28)48(39-27-51-41-23-20-29(24-37(39)41)46(4,5)6)31-12-11-13-32(25-31)49-38-16-9-7-14-33(38)35-26-36-34-15-8-10-17-40(34)50-44(36)42(47)43(35)49/h7-27H,1-6H3. The SMILES string of the molecule is CC(C)(C)c1ccc(N(c2cccc(-n3c4ccccc4c4cc5c(oc6ccccc65)c(Br)c43)c2)c2csc3ccc(C(C)(C)C)cc23)cc1. The van der Waals surface area contributed by atoms with Crippen molar-refractivity contribution in [2.24, 2.45) is 0 Å². The number of aromatic nitrogens is 1. The van der Waals surface area contributed by atoms with E-state index in [2.05, 4.69) is 182 Å². The minimum atomic E-state index is 0.0433. The summed E-state index contributed by atoms with van der Waals surface area (Å²) < 4.78 is 11.1. The maximum absolute atomic E-state index is 6.49. The van der Waals surface area contributed by atoms with Gasteiger partial charge in [-0.15, -0.1) is 11.3 Å². The number of furan rings is 1. The van der Waals surface area contributed by atoms with Crippen LogP contribution in [0.1, 0.15) is 52.7 Å². The molecule has 6 aromatic carbocycles. The van der Waals surface area contributed by atoms with Crippen molar-refractivity contribution in [1.82, 2.24) is 4.57 Å². The maximum Gasteiger partial charge on any atom is 0.151 e. The number of benzene rings is 6. The van der Waals surface area contributed by atoms with Gasteiger partial charge in [0, 0.05) is 54.1 Å². The molecular weight excluding hydrogens is 708 g/mol. The highest BCUT2D eigenvalue weighted by molar-refractivity contribution is 9.10. The largest absolute Gasteiger partial charge is 0.455 e. The van der Waals surface area contributed by atoms with Gasteiger partial charge < -0.3 is 13.9 Å². The average molecular weight is 748 g/mol. The summed E-state index contributed by atoms with van der Waals surface area (Å²) in [6.07, 6.45) is 0. The molecule has 252 valence electrons. The van der Waals surface area contributed by atoms with Crippen molar-refractivity contribution in [2.45, 2.75) is 52.4 Å². The molecule has 0 spiro atoms. The normalized spacial score (nSPS) is 12.6. The molecule has 3 heterocycles. The first-order valence-corrected chi connectivity index (χ1v) is 19.2. The summed E-state index contributed by atoms with van der Waals surface area (Å²) in [4.78, 5) is 2.43. The van der Waals surface area contributed by atoms with E-state index in [1.165, 1.54) is 37.7 Å². The molecule has 9 aromatic rings. The van der Waals surface area contributed by atoms with Crippen LogP contribution in [0.5, 0.6) is 0 Å². The van der Waals surface area contributed by atoms with Crippen LogP contribution in [0.15, 0.2) is 136 Å². The van der Waals surface area contributed by atoms with Crippen molar-refractivity contribution >= 4 is 98.2 Å². The second-order valence-corrected chi connectivity index (χ2v) is 17.4. The van der Waals surface area contributed by atoms with Crippen LogP contribution >= 0.6 is 27.3 Å². The molecule has 3 nitrogen and oxygen atoms in total. The lowest BCUT2D eigenvalue weighted by atomic mass is 9.86. The molecule has 0 amide bonds. The number of para-hydroxylation sites is 2. The molecule has 51 heavy (non-hydrogen) atoms. The van der Waals surface area contributed by atoms with Gasteiger partial charge in [0.05, 0.1) is 21.2 Å². The van der Waals surface area contributed by atoms with E-state index < -0.39 is 0 Å². The predicted octanol–water partition coefficient (Wildman–Crippen LogP) is 14.7. The van der Waals surface area contributed by atoms with Gasteiger partial charge in [-0.05, 0) is 98.6 Å². The summed E-state index contributed by atoms with van der Waals surface area (Å²) in [6.45, 7) is 13.7. The highest BCUT2D eigenvalue weighted by Crippen LogP contribution is 2.46. The molecule has 0 unspecified atom stereocenters. The van der Waals surface area contributed by atoms with Crippen molar-refractivity contribution in [3.05, 3.63) is 142 Å². The summed E-state index contributed by atoms with van der Waals surface area (Å²) >= 11 is 5.86. The van der Waals surface area contributed by atoms with E-state index >= 15 is 0 Å². The van der Waals surface area contributed by atoms with Crippen LogP contribution in [0.3, 0.4) is 0 Å². The molecule has 5 heteroatoms. The Bertz CT molecular complexity index is 2790. The smallest absolute Gasteiger partial charge is 0.151 e. The van der Waals surface area contributed by atoms with Crippen LogP contribution in [-0.2, 0) is 10.8 Å². The first-order valence-electron chi connectivity index (χ1n) is 17.5. The second kappa shape index (κ2) is 11.6. The number of thiophene rings is 1. The minimum absolute atomic E-state index is 0.0433. The quantitative estimate of drug-likeness (QED) is 0.179. The molecule has 0 radical (unpaired) electrons. The summed E-state index contributed by atoms with van der Waals surface area (Å²) in [5.74, 6) is 0. The Labute approximate surface area is 310 Å². The van der Waals surface area contributed by atoms with Gasteiger partial charge in [-0.25, -0.2) is 0 Å². The summed E-state index contributed by atoms with van der Waals surface area (Å²) in [6, 6.07) is 44.3. The maximum atomic E-state index is 6.49. The zero-order valence-electron chi connectivity index (χ0n) is 29.7. The van der Waals surface area contributed by atoms with Crippen molar-refractivity contribution in [1.29, 1.82) is 0 Å². The van der Waals surface area contributed by atoms with E-state index in [4.69, 9.17) is 4.42 Å². The molecule has 0 atom stereocenters. The second-order valence-electron chi connectivity index (χ2n) is 15.6. The van der Waals surface area contributed by atoms with E-state index in [1.54, 1.807) is 11.3 Å². The number of halogens is 1. The van der Waals surface area contributed by atoms with Gasteiger partial charge in [0.25, 0.3) is 0 Å². The van der Waals surface area contributed by atoms with Crippen LogP contribution < -0.4 is 4.90 Å². The van der Waals surface area contributed by atoms with Gasteiger partial charge in [-0.1, -0.05) is 102 Å². The molecule has 0 saturated carbocycles. The Morgan fingerprint density at radius 1 is 0.608 bits per heavy atom. The van der Waals surface area contributed by atoms with Crippen LogP contribution in [0.2, 0.25) is 0 Å². The van der Waals surface area contributed by atoms with E-state index in [0.29, 0.717) is 0 Å². The Balaban J connectivity index is 1.29. The van der Waals surface area contributed by atoms with Crippen molar-refractivity contribution in [3.8, 4) is 5.69 Å².